The number of nitrogens with zero attached hydrogens (tertiary/aromatic N) is 1. The lowest BCUT2D eigenvalue weighted by Gasteiger charge is -2.36. The summed E-state index contributed by atoms with van der Waals surface area (Å²) in [5.41, 5.74) is 0. The van der Waals surface area contributed by atoms with Crippen molar-refractivity contribution in [2.45, 2.75) is 95.3 Å². The van der Waals surface area contributed by atoms with E-state index in [1.165, 1.54) is 19.3 Å². The van der Waals surface area contributed by atoms with Crippen molar-refractivity contribution < 1.29 is 9.59 Å². The number of amides is 2. The highest BCUT2D eigenvalue weighted by Crippen LogP contribution is 2.29. The first-order valence-electron chi connectivity index (χ1n) is 9.85. The molecule has 5 heteroatoms. The molecular formula is C19H33N3O2. The molecule has 0 radical (unpaired) electrons. The Bertz CT molecular complexity index is 450. The van der Waals surface area contributed by atoms with E-state index in [0.29, 0.717) is 24.5 Å². The Labute approximate surface area is 145 Å². The van der Waals surface area contributed by atoms with E-state index in [1.54, 1.807) is 0 Å². The van der Waals surface area contributed by atoms with Gasteiger partial charge in [-0.2, -0.15) is 0 Å². The fourth-order valence-electron chi connectivity index (χ4n) is 4.73. The summed E-state index contributed by atoms with van der Waals surface area (Å²) in [5.74, 6) is 0.476. The van der Waals surface area contributed by atoms with Crippen molar-refractivity contribution in [3.8, 4) is 0 Å². The van der Waals surface area contributed by atoms with Crippen LogP contribution in [0.1, 0.15) is 71.1 Å². The topological polar surface area (TPSA) is 61.4 Å². The summed E-state index contributed by atoms with van der Waals surface area (Å²) in [4.78, 5) is 26.8. The third kappa shape index (κ3) is 4.29. The molecule has 136 valence electrons. The fraction of sp³-hybridized carbons (Fsp3) is 0.895. The van der Waals surface area contributed by atoms with Crippen LogP contribution in [0.25, 0.3) is 0 Å². The molecule has 2 saturated heterocycles. The minimum Gasteiger partial charge on any atom is -0.353 e. The average molecular weight is 335 g/mol. The number of hydrogen-bond acceptors (Lipinski definition) is 3. The van der Waals surface area contributed by atoms with Gasteiger partial charge in [-0.25, -0.2) is 0 Å². The molecule has 2 bridgehead atoms. The van der Waals surface area contributed by atoms with Crippen LogP contribution in [0.2, 0.25) is 0 Å². The Morgan fingerprint density at radius 3 is 2.33 bits per heavy atom. The van der Waals surface area contributed by atoms with Crippen LogP contribution in [-0.4, -0.2) is 47.9 Å². The minimum absolute atomic E-state index is 0.0761. The highest BCUT2D eigenvalue weighted by molar-refractivity contribution is 5.81. The summed E-state index contributed by atoms with van der Waals surface area (Å²) >= 11 is 0. The number of carbonyl (C=O) groups is 2. The molecule has 24 heavy (non-hydrogen) atoms. The molecule has 0 spiro atoms. The fourth-order valence-corrected chi connectivity index (χ4v) is 4.73. The molecule has 3 unspecified atom stereocenters. The molecular weight excluding hydrogens is 302 g/mol. The van der Waals surface area contributed by atoms with Gasteiger partial charge in [-0.3, -0.25) is 9.59 Å². The smallest absolute Gasteiger partial charge is 0.224 e. The van der Waals surface area contributed by atoms with Crippen LogP contribution >= 0.6 is 0 Å². The number of hydrogen-bond donors (Lipinski definition) is 2. The summed E-state index contributed by atoms with van der Waals surface area (Å²) in [5, 5.41) is 6.69. The van der Waals surface area contributed by atoms with Gasteiger partial charge in [0, 0.05) is 43.6 Å². The lowest BCUT2D eigenvalue weighted by atomic mass is 9.88. The summed E-state index contributed by atoms with van der Waals surface area (Å²) in [6.07, 6.45) is 10.6. The van der Waals surface area contributed by atoms with E-state index in [1.807, 2.05) is 18.9 Å². The molecule has 2 aliphatic heterocycles. The van der Waals surface area contributed by atoms with E-state index in [4.69, 9.17) is 0 Å². The maximum atomic E-state index is 12.6. The summed E-state index contributed by atoms with van der Waals surface area (Å²) in [6, 6.07) is 1.46. The van der Waals surface area contributed by atoms with Gasteiger partial charge in [0.1, 0.15) is 0 Å². The first kappa shape index (κ1) is 17.7. The standard InChI is InChI=1S/C19H33N3O2/c1-13(20-19(24)14-6-4-3-5-7-14)10-18(23)22(2)17-11-15-8-9-16(12-17)21-15/h13-17,21H,3-12H2,1-2H3,(H,20,24). The van der Waals surface area contributed by atoms with Crippen LogP contribution in [0.3, 0.4) is 0 Å². The molecule has 1 saturated carbocycles. The SMILES string of the molecule is CC(CC(=O)N(C)C1CC2CCC(C1)N2)NC(=O)C1CCCCC1. The Hall–Kier alpha value is -1.10. The maximum Gasteiger partial charge on any atom is 0.224 e. The highest BCUT2D eigenvalue weighted by atomic mass is 16.2. The third-order valence-corrected chi connectivity index (χ3v) is 6.23. The van der Waals surface area contributed by atoms with Crippen molar-refractivity contribution >= 4 is 11.8 Å². The predicted octanol–water partition coefficient (Wildman–Crippen LogP) is 2.20. The number of fused-ring (bicyclic) bond motifs is 2. The van der Waals surface area contributed by atoms with Crippen LogP contribution in [0, 0.1) is 5.92 Å². The van der Waals surface area contributed by atoms with Gasteiger partial charge in [-0.15, -0.1) is 0 Å². The molecule has 1 aliphatic carbocycles. The van der Waals surface area contributed by atoms with Gasteiger partial charge >= 0.3 is 0 Å². The highest BCUT2D eigenvalue weighted by Gasteiger charge is 2.36. The minimum atomic E-state index is -0.0761. The molecule has 3 fully saturated rings. The summed E-state index contributed by atoms with van der Waals surface area (Å²) < 4.78 is 0. The Morgan fingerprint density at radius 1 is 1.08 bits per heavy atom. The van der Waals surface area contributed by atoms with Gasteiger partial charge in [0.2, 0.25) is 11.8 Å². The van der Waals surface area contributed by atoms with Crippen LogP contribution < -0.4 is 10.6 Å². The van der Waals surface area contributed by atoms with Crippen molar-refractivity contribution in [2.24, 2.45) is 5.92 Å². The largest absolute Gasteiger partial charge is 0.353 e. The van der Waals surface area contributed by atoms with Crippen LogP contribution in [0.5, 0.6) is 0 Å². The Kier molecular flexibility index (Phi) is 5.80. The normalized spacial score (nSPS) is 31.5. The van der Waals surface area contributed by atoms with E-state index in [2.05, 4.69) is 10.6 Å². The molecule has 2 N–H and O–H groups in total. The average Bonchev–Trinajstić information content (AvgIpc) is 2.92. The first-order valence-corrected chi connectivity index (χ1v) is 9.85. The van der Waals surface area contributed by atoms with Crippen molar-refractivity contribution in [1.82, 2.24) is 15.5 Å². The second-order valence-corrected chi connectivity index (χ2v) is 8.22. The van der Waals surface area contributed by atoms with E-state index < -0.39 is 0 Å². The molecule has 5 nitrogen and oxygen atoms in total. The maximum absolute atomic E-state index is 12.6. The zero-order valence-electron chi connectivity index (χ0n) is 15.2. The second kappa shape index (κ2) is 7.85. The van der Waals surface area contributed by atoms with Crippen LogP contribution in [0.4, 0.5) is 0 Å². The van der Waals surface area contributed by atoms with E-state index >= 15 is 0 Å². The van der Waals surface area contributed by atoms with E-state index in [0.717, 1.165) is 38.5 Å². The molecule has 2 amide bonds. The number of carbonyl (C=O) groups excluding carboxylic acids is 2. The van der Waals surface area contributed by atoms with Crippen molar-refractivity contribution in [3.05, 3.63) is 0 Å². The zero-order valence-corrected chi connectivity index (χ0v) is 15.2. The lowest BCUT2D eigenvalue weighted by Crippen LogP contribution is -2.50. The molecule has 0 aromatic heterocycles. The second-order valence-electron chi connectivity index (χ2n) is 8.22. The molecule has 3 rings (SSSR count). The van der Waals surface area contributed by atoms with Gasteiger partial charge in [-0.1, -0.05) is 19.3 Å². The van der Waals surface area contributed by atoms with Crippen LogP contribution in [-0.2, 0) is 9.59 Å². The summed E-state index contributed by atoms with van der Waals surface area (Å²) in [6.45, 7) is 1.96. The van der Waals surface area contributed by atoms with Gasteiger partial charge < -0.3 is 15.5 Å². The summed E-state index contributed by atoms with van der Waals surface area (Å²) in [7, 11) is 1.94. The Morgan fingerprint density at radius 2 is 1.71 bits per heavy atom. The zero-order chi connectivity index (χ0) is 17.1. The monoisotopic (exact) mass is 335 g/mol. The molecule has 0 aromatic rings. The van der Waals surface area contributed by atoms with Crippen molar-refractivity contribution in [1.29, 1.82) is 0 Å². The van der Waals surface area contributed by atoms with Crippen molar-refractivity contribution in [2.75, 3.05) is 7.05 Å². The molecule has 3 aliphatic rings. The van der Waals surface area contributed by atoms with Gasteiger partial charge in [-0.05, 0) is 45.4 Å². The molecule has 0 aromatic carbocycles. The lowest BCUT2D eigenvalue weighted by molar-refractivity contribution is -0.133. The first-order chi connectivity index (χ1) is 11.5. The van der Waals surface area contributed by atoms with Crippen molar-refractivity contribution in [3.63, 3.8) is 0 Å². The van der Waals surface area contributed by atoms with Gasteiger partial charge in [0.25, 0.3) is 0 Å². The number of nitrogens with one attached hydrogen (secondary N) is 2. The predicted molar refractivity (Wildman–Crippen MR) is 94.5 cm³/mol. The third-order valence-electron chi connectivity index (χ3n) is 6.23. The Balaban J connectivity index is 1.44. The quantitative estimate of drug-likeness (QED) is 0.810. The van der Waals surface area contributed by atoms with Crippen LogP contribution in [0.15, 0.2) is 0 Å². The number of piperidine rings is 1. The van der Waals surface area contributed by atoms with E-state index in [-0.39, 0.29) is 23.8 Å². The molecule has 2 heterocycles. The van der Waals surface area contributed by atoms with Gasteiger partial charge in [0.05, 0.1) is 0 Å². The van der Waals surface area contributed by atoms with Gasteiger partial charge in [0.15, 0.2) is 0 Å². The number of rotatable bonds is 5. The van der Waals surface area contributed by atoms with E-state index in [9.17, 15) is 9.59 Å². The molecule has 3 atom stereocenters.